The minimum atomic E-state index is -1.16. The van der Waals surface area contributed by atoms with Crippen molar-refractivity contribution >= 4 is 29.1 Å². The summed E-state index contributed by atoms with van der Waals surface area (Å²) >= 11 is 0. The zero-order valence-electron chi connectivity index (χ0n) is 20.8. The van der Waals surface area contributed by atoms with Gasteiger partial charge in [-0.1, -0.05) is 6.07 Å². The van der Waals surface area contributed by atoms with Crippen LogP contribution in [0, 0.1) is 0 Å². The first-order valence-corrected chi connectivity index (χ1v) is 11.8. The lowest BCUT2D eigenvalue weighted by molar-refractivity contribution is 0.0697. The molecule has 13 heteroatoms. The summed E-state index contributed by atoms with van der Waals surface area (Å²) in [7, 11) is 5.43. The van der Waals surface area contributed by atoms with E-state index in [0.717, 1.165) is 25.9 Å². The van der Waals surface area contributed by atoms with Gasteiger partial charge in [0, 0.05) is 19.4 Å². The molecule has 0 aliphatic carbocycles. The van der Waals surface area contributed by atoms with Crippen molar-refractivity contribution in [1.82, 2.24) is 39.4 Å². The fourth-order valence-electron chi connectivity index (χ4n) is 4.31. The van der Waals surface area contributed by atoms with Crippen LogP contribution in [-0.4, -0.2) is 77.7 Å². The summed E-state index contributed by atoms with van der Waals surface area (Å²) < 4.78 is 9.19. The van der Waals surface area contributed by atoms with E-state index in [9.17, 15) is 9.90 Å². The normalized spacial score (nSPS) is 14.5. The molecule has 13 nitrogen and oxygen atoms in total. The molecule has 4 heterocycles. The van der Waals surface area contributed by atoms with Gasteiger partial charge in [-0.05, 0) is 45.1 Å². The van der Waals surface area contributed by atoms with Gasteiger partial charge in [-0.2, -0.15) is 15.2 Å². The Labute approximate surface area is 213 Å². The molecule has 37 heavy (non-hydrogen) atoms. The van der Waals surface area contributed by atoms with E-state index in [2.05, 4.69) is 47.7 Å². The van der Waals surface area contributed by atoms with E-state index in [1.165, 1.54) is 13.3 Å². The number of methoxy groups -OCH3 is 1. The monoisotopic (exact) mass is 504 g/mol. The SMILES string of the molecule is COc1c(Nc2nc(Nc3cnn(C4CCN(C)CC4)c3)ncc2C(=O)O)cccc1-c1ncn(C)n1. The van der Waals surface area contributed by atoms with Crippen LogP contribution in [0.4, 0.5) is 23.1 Å². The highest BCUT2D eigenvalue weighted by Gasteiger charge is 2.21. The van der Waals surface area contributed by atoms with Gasteiger partial charge in [0.2, 0.25) is 5.95 Å². The number of aromatic carboxylic acids is 1. The molecule has 0 bridgehead atoms. The van der Waals surface area contributed by atoms with E-state index in [1.54, 1.807) is 36.4 Å². The lowest BCUT2D eigenvalue weighted by Crippen LogP contribution is -2.31. The Bertz CT molecular complexity index is 1410. The van der Waals surface area contributed by atoms with Crippen LogP contribution in [0.25, 0.3) is 11.4 Å². The summed E-state index contributed by atoms with van der Waals surface area (Å²) in [6.07, 6.45) is 8.55. The number of ether oxygens (including phenoxy) is 1. The molecule has 1 aliphatic heterocycles. The van der Waals surface area contributed by atoms with E-state index >= 15 is 0 Å². The van der Waals surface area contributed by atoms with Crippen molar-refractivity contribution in [3.8, 4) is 17.1 Å². The summed E-state index contributed by atoms with van der Waals surface area (Å²) in [6.45, 7) is 2.06. The van der Waals surface area contributed by atoms with Crippen LogP contribution in [0.1, 0.15) is 29.2 Å². The zero-order chi connectivity index (χ0) is 25.9. The van der Waals surface area contributed by atoms with Crippen molar-refractivity contribution in [2.75, 3.05) is 37.9 Å². The van der Waals surface area contributed by atoms with Crippen LogP contribution >= 0.6 is 0 Å². The van der Waals surface area contributed by atoms with Gasteiger partial charge in [-0.3, -0.25) is 9.36 Å². The number of carboxylic acid groups (broad SMARTS) is 1. The van der Waals surface area contributed by atoms with E-state index in [-0.39, 0.29) is 17.3 Å². The van der Waals surface area contributed by atoms with E-state index in [4.69, 9.17) is 4.74 Å². The third-order valence-electron chi connectivity index (χ3n) is 6.25. The lowest BCUT2D eigenvalue weighted by Gasteiger charge is -2.28. The number of anilines is 4. The number of nitrogens with one attached hydrogen (secondary N) is 2. The second-order valence-corrected chi connectivity index (χ2v) is 8.88. The first kappa shape index (κ1) is 24.2. The van der Waals surface area contributed by atoms with Crippen LogP contribution in [0.5, 0.6) is 5.75 Å². The number of aromatic nitrogens is 7. The molecule has 0 amide bonds. The summed E-state index contributed by atoms with van der Waals surface area (Å²) in [5.74, 6) is 0.116. The minimum Gasteiger partial charge on any atom is -0.494 e. The maximum absolute atomic E-state index is 11.9. The molecular weight excluding hydrogens is 476 g/mol. The molecule has 4 aromatic rings. The highest BCUT2D eigenvalue weighted by atomic mass is 16.5. The van der Waals surface area contributed by atoms with Gasteiger partial charge in [0.1, 0.15) is 11.9 Å². The zero-order valence-corrected chi connectivity index (χ0v) is 20.8. The largest absolute Gasteiger partial charge is 0.494 e. The average molecular weight is 505 g/mol. The molecule has 1 fully saturated rings. The van der Waals surface area contributed by atoms with Crippen molar-refractivity contribution in [3.63, 3.8) is 0 Å². The molecule has 192 valence electrons. The maximum Gasteiger partial charge on any atom is 0.341 e. The summed E-state index contributed by atoms with van der Waals surface area (Å²) in [6, 6.07) is 5.73. The second-order valence-electron chi connectivity index (χ2n) is 8.88. The molecule has 1 aromatic carbocycles. The van der Waals surface area contributed by atoms with Crippen LogP contribution in [0.15, 0.2) is 43.1 Å². The highest BCUT2D eigenvalue weighted by molar-refractivity contribution is 5.94. The molecule has 0 saturated carbocycles. The Kier molecular flexibility index (Phi) is 6.68. The van der Waals surface area contributed by atoms with Crippen molar-refractivity contribution in [3.05, 3.63) is 48.7 Å². The molecule has 0 unspecified atom stereocenters. The molecular formula is C24H28N10O3. The van der Waals surface area contributed by atoms with Crippen LogP contribution in [-0.2, 0) is 7.05 Å². The van der Waals surface area contributed by atoms with Crippen LogP contribution in [0.3, 0.4) is 0 Å². The molecule has 1 aliphatic rings. The predicted molar refractivity (Wildman–Crippen MR) is 137 cm³/mol. The maximum atomic E-state index is 11.9. The number of hydrogen-bond donors (Lipinski definition) is 3. The number of nitrogens with zero attached hydrogens (tertiary/aromatic N) is 8. The van der Waals surface area contributed by atoms with Crippen LogP contribution < -0.4 is 15.4 Å². The van der Waals surface area contributed by atoms with Crippen molar-refractivity contribution < 1.29 is 14.6 Å². The number of rotatable bonds is 8. The van der Waals surface area contributed by atoms with Gasteiger partial charge >= 0.3 is 5.97 Å². The average Bonchev–Trinajstić information content (AvgIpc) is 3.53. The van der Waals surface area contributed by atoms with Gasteiger partial charge in [0.05, 0.1) is 36.3 Å². The smallest absolute Gasteiger partial charge is 0.341 e. The predicted octanol–water partition coefficient (Wildman–Crippen LogP) is 2.93. The number of aryl methyl sites for hydroxylation is 1. The fourth-order valence-corrected chi connectivity index (χ4v) is 4.31. The van der Waals surface area contributed by atoms with Crippen LogP contribution in [0.2, 0.25) is 0 Å². The summed E-state index contributed by atoms with van der Waals surface area (Å²) in [4.78, 5) is 27.2. The van der Waals surface area contributed by atoms with E-state index in [1.807, 2.05) is 16.9 Å². The number of para-hydroxylation sites is 1. The first-order chi connectivity index (χ1) is 17.9. The second kappa shape index (κ2) is 10.2. The standard InChI is InChI=1S/C24H28N10O3/c1-32-9-7-16(8-10-32)34-13-15(11-27-34)28-24-25-12-18(23(35)36)22(30-24)29-19-6-4-5-17(20(19)37-3)21-26-14-33(2)31-21/h4-6,11-14,16H,7-10H2,1-3H3,(H,35,36)(H2,25,28,29,30). The Morgan fingerprint density at radius 2 is 1.95 bits per heavy atom. The molecule has 5 rings (SSSR count). The Balaban J connectivity index is 1.41. The van der Waals surface area contributed by atoms with Gasteiger partial charge in [-0.25, -0.2) is 14.8 Å². The minimum absolute atomic E-state index is 0.0870. The molecule has 1 saturated heterocycles. The van der Waals surface area contributed by atoms with Gasteiger partial charge in [0.25, 0.3) is 0 Å². The Morgan fingerprint density at radius 3 is 2.65 bits per heavy atom. The number of carboxylic acids is 1. The quantitative estimate of drug-likeness (QED) is 0.325. The molecule has 3 N–H and O–H groups in total. The Morgan fingerprint density at radius 1 is 1.14 bits per heavy atom. The lowest BCUT2D eigenvalue weighted by atomic mass is 10.1. The summed E-state index contributed by atoms with van der Waals surface area (Å²) in [5.41, 5.74) is 1.79. The van der Waals surface area contributed by atoms with Gasteiger partial charge in [0.15, 0.2) is 17.4 Å². The number of likely N-dealkylation sites (tertiary alicyclic amines) is 1. The molecule has 3 aromatic heterocycles. The van der Waals surface area contributed by atoms with Crippen molar-refractivity contribution in [2.24, 2.45) is 7.05 Å². The third-order valence-corrected chi connectivity index (χ3v) is 6.25. The Hall–Kier alpha value is -4.52. The van der Waals surface area contributed by atoms with E-state index in [0.29, 0.717) is 34.6 Å². The number of carbonyl (C=O) groups is 1. The van der Waals surface area contributed by atoms with E-state index < -0.39 is 5.97 Å². The molecule has 0 atom stereocenters. The summed E-state index contributed by atoms with van der Waals surface area (Å²) in [5, 5.41) is 24.8. The van der Waals surface area contributed by atoms with Crippen molar-refractivity contribution in [2.45, 2.75) is 18.9 Å². The highest BCUT2D eigenvalue weighted by Crippen LogP contribution is 2.36. The first-order valence-electron chi connectivity index (χ1n) is 11.8. The van der Waals surface area contributed by atoms with Gasteiger partial charge in [-0.15, -0.1) is 0 Å². The molecule has 0 radical (unpaired) electrons. The molecule has 0 spiro atoms. The number of benzene rings is 1. The number of piperidine rings is 1. The number of hydrogen-bond acceptors (Lipinski definition) is 10. The topological polar surface area (TPSA) is 148 Å². The fraction of sp³-hybridized carbons (Fsp3) is 0.333. The third kappa shape index (κ3) is 5.21. The van der Waals surface area contributed by atoms with Gasteiger partial charge < -0.3 is 25.4 Å². The van der Waals surface area contributed by atoms with Crippen molar-refractivity contribution in [1.29, 1.82) is 0 Å².